The smallest absolute Gasteiger partial charge is 0.224 e. The highest BCUT2D eigenvalue weighted by Crippen LogP contribution is 2.22. The van der Waals surface area contributed by atoms with E-state index in [1.54, 1.807) is 0 Å². The normalized spacial score (nSPS) is 25.8. The largest absolute Gasteiger partial charge is 0.393 e. The van der Waals surface area contributed by atoms with Crippen molar-refractivity contribution in [2.45, 2.75) is 50.8 Å². The van der Waals surface area contributed by atoms with E-state index in [0.29, 0.717) is 0 Å². The third kappa shape index (κ3) is 3.81. The summed E-state index contributed by atoms with van der Waals surface area (Å²) >= 11 is 0. The molecule has 4 nitrogen and oxygen atoms in total. The number of nitrogens with one attached hydrogen (secondary N) is 1. The molecule has 1 aliphatic rings. The number of hydrogen-bond acceptors (Lipinski definition) is 3. The molecular weight excluding hydrogens is 252 g/mol. The van der Waals surface area contributed by atoms with Gasteiger partial charge in [0.1, 0.15) is 0 Å². The van der Waals surface area contributed by atoms with Crippen LogP contribution in [0.3, 0.4) is 0 Å². The van der Waals surface area contributed by atoms with E-state index in [0.717, 1.165) is 31.2 Å². The van der Waals surface area contributed by atoms with Gasteiger partial charge >= 0.3 is 0 Å². The first-order chi connectivity index (χ1) is 9.58. The van der Waals surface area contributed by atoms with Gasteiger partial charge in [-0.15, -0.1) is 0 Å². The van der Waals surface area contributed by atoms with Gasteiger partial charge in [-0.3, -0.25) is 4.79 Å². The summed E-state index contributed by atoms with van der Waals surface area (Å²) in [5.74, 6) is -0.257. The van der Waals surface area contributed by atoms with E-state index in [1.807, 2.05) is 37.3 Å². The van der Waals surface area contributed by atoms with Crippen molar-refractivity contribution in [1.29, 1.82) is 0 Å². The minimum absolute atomic E-state index is 0.00254. The molecule has 20 heavy (non-hydrogen) atoms. The van der Waals surface area contributed by atoms with Gasteiger partial charge < -0.3 is 16.2 Å². The Kier molecular flexibility index (Phi) is 5.15. The SMILES string of the molecule is CC(C(=O)NC1CCC(O)CC1)C(N)c1ccccc1. The van der Waals surface area contributed by atoms with Crippen molar-refractivity contribution in [3.05, 3.63) is 35.9 Å². The lowest BCUT2D eigenvalue weighted by atomic mass is 9.91. The van der Waals surface area contributed by atoms with Crippen molar-refractivity contribution in [3.63, 3.8) is 0 Å². The number of carbonyl (C=O) groups excluding carboxylic acids is 1. The second-order valence-electron chi connectivity index (χ2n) is 5.74. The number of rotatable bonds is 4. The van der Waals surface area contributed by atoms with E-state index in [2.05, 4.69) is 5.32 Å². The fraction of sp³-hybridized carbons (Fsp3) is 0.562. The molecule has 1 aliphatic carbocycles. The minimum atomic E-state index is -0.287. The van der Waals surface area contributed by atoms with Crippen molar-refractivity contribution in [1.82, 2.24) is 5.32 Å². The molecule has 0 spiro atoms. The maximum atomic E-state index is 12.3. The molecule has 1 aromatic carbocycles. The van der Waals surface area contributed by atoms with E-state index in [-0.39, 0.29) is 30.0 Å². The van der Waals surface area contributed by atoms with Gasteiger partial charge in [0.05, 0.1) is 12.0 Å². The van der Waals surface area contributed by atoms with E-state index in [4.69, 9.17) is 5.73 Å². The van der Waals surface area contributed by atoms with Crippen LogP contribution in [0.15, 0.2) is 30.3 Å². The third-order valence-electron chi connectivity index (χ3n) is 4.18. The lowest BCUT2D eigenvalue weighted by molar-refractivity contribution is -0.126. The van der Waals surface area contributed by atoms with Gasteiger partial charge in [0.2, 0.25) is 5.91 Å². The van der Waals surface area contributed by atoms with Crippen LogP contribution in [-0.4, -0.2) is 23.2 Å². The Balaban J connectivity index is 1.88. The molecule has 1 amide bonds. The highest BCUT2D eigenvalue weighted by Gasteiger charge is 2.26. The molecule has 0 aliphatic heterocycles. The molecule has 1 saturated carbocycles. The highest BCUT2D eigenvalue weighted by atomic mass is 16.3. The van der Waals surface area contributed by atoms with Crippen LogP contribution in [-0.2, 0) is 4.79 Å². The fourth-order valence-electron chi connectivity index (χ4n) is 2.68. The first kappa shape index (κ1) is 15.0. The molecule has 1 aromatic rings. The molecule has 0 radical (unpaired) electrons. The standard InChI is InChI=1S/C16H24N2O2/c1-11(15(17)12-5-3-2-4-6-12)16(20)18-13-7-9-14(19)10-8-13/h2-6,11,13-15,19H,7-10,17H2,1H3,(H,18,20). The van der Waals surface area contributed by atoms with E-state index >= 15 is 0 Å². The predicted molar refractivity (Wildman–Crippen MR) is 78.9 cm³/mol. The highest BCUT2D eigenvalue weighted by molar-refractivity contribution is 5.79. The quantitative estimate of drug-likeness (QED) is 0.784. The fourth-order valence-corrected chi connectivity index (χ4v) is 2.68. The molecular formula is C16H24N2O2. The Morgan fingerprint density at radius 2 is 1.85 bits per heavy atom. The molecule has 4 heteroatoms. The monoisotopic (exact) mass is 276 g/mol. The zero-order chi connectivity index (χ0) is 14.5. The van der Waals surface area contributed by atoms with Gasteiger partial charge in [0.25, 0.3) is 0 Å². The van der Waals surface area contributed by atoms with Gasteiger partial charge in [-0.2, -0.15) is 0 Å². The number of hydrogen-bond donors (Lipinski definition) is 3. The van der Waals surface area contributed by atoms with Crippen molar-refractivity contribution < 1.29 is 9.90 Å². The van der Waals surface area contributed by atoms with E-state index < -0.39 is 0 Å². The molecule has 0 heterocycles. The van der Waals surface area contributed by atoms with E-state index in [1.165, 1.54) is 0 Å². The summed E-state index contributed by atoms with van der Waals surface area (Å²) in [6, 6.07) is 9.59. The molecule has 2 rings (SSSR count). The van der Waals surface area contributed by atoms with Crippen LogP contribution < -0.4 is 11.1 Å². The third-order valence-corrected chi connectivity index (χ3v) is 4.18. The average Bonchev–Trinajstić information content (AvgIpc) is 2.49. The molecule has 4 N–H and O–H groups in total. The van der Waals surface area contributed by atoms with Crippen LogP contribution in [0.1, 0.15) is 44.2 Å². The van der Waals surface area contributed by atoms with Crippen LogP contribution in [0.5, 0.6) is 0 Å². The summed E-state index contributed by atoms with van der Waals surface area (Å²) in [6.45, 7) is 1.87. The Bertz CT molecular complexity index is 427. The zero-order valence-electron chi connectivity index (χ0n) is 12.0. The van der Waals surface area contributed by atoms with Crippen molar-refractivity contribution >= 4 is 5.91 Å². The Morgan fingerprint density at radius 3 is 2.45 bits per heavy atom. The van der Waals surface area contributed by atoms with Gasteiger partial charge in [-0.25, -0.2) is 0 Å². The van der Waals surface area contributed by atoms with Gasteiger partial charge in [-0.1, -0.05) is 37.3 Å². The number of carbonyl (C=O) groups is 1. The first-order valence-corrected chi connectivity index (χ1v) is 7.37. The molecule has 2 atom stereocenters. The number of nitrogens with two attached hydrogens (primary N) is 1. The second-order valence-corrected chi connectivity index (χ2v) is 5.74. The summed E-state index contributed by atoms with van der Waals surface area (Å²) in [4.78, 5) is 12.3. The summed E-state index contributed by atoms with van der Waals surface area (Å²) in [5.41, 5.74) is 7.15. The number of aliphatic hydroxyl groups excluding tert-OH is 1. The first-order valence-electron chi connectivity index (χ1n) is 7.37. The van der Waals surface area contributed by atoms with Crippen molar-refractivity contribution in [3.8, 4) is 0 Å². The summed E-state index contributed by atoms with van der Waals surface area (Å²) in [7, 11) is 0. The van der Waals surface area contributed by atoms with Gasteiger partial charge in [0, 0.05) is 12.1 Å². The Labute approximate surface area is 120 Å². The number of amides is 1. The second kappa shape index (κ2) is 6.86. The van der Waals surface area contributed by atoms with Crippen LogP contribution in [0.4, 0.5) is 0 Å². The van der Waals surface area contributed by atoms with Crippen LogP contribution in [0.25, 0.3) is 0 Å². The predicted octanol–water partition coefficient (Wildman–Crippen LogP) is 1.74. The maximum Gasteiger partial charge on any atom is 0.224 e. The molecule has 0 aromatic heterocycles. The number of aliphatic hydroxyl groups is 1. The summed E-state index contributed by atoms with van der Waals surface area (Å²) < 4.78 is 0. The molecule has 0 saturated heterocycles. The van der Waals surface area contributed by atoms with Crippen molar-refractivity contribution in [2.24, 2.45) is 11.7 Å². The number of benzene rings is 1. The lowest BCUT2D eigenvalue weighted by Gasteiger charge is -2.28. The summed E-state index contributed by atoms with van der Waals surface area (Å²) in [6.07, 6.45) is 3.03. The average molecular weight is 276 g/mol. The Hall–Kier alpha value is -1.39. The Morgan fingerprint density at radius 1 is 1.25 bits per heavy atom. The van der Waals surface area contributed by atoms with Crippen LogP contribution in [0, 0.1) is 5.92 Å². The molecule has 0 bridgehead atoms. The zero-order valence-corrected chi connectivity index (χ0v) is 12.0. The molecule has 1 fully saturated rings. The van der Waals surface area contributed by atoms with Gasteiger partial charge in [-0.05, 0) is 31.2 Å². The van der Waals surface area contributed by atoms with Crippen LogP contribution in [0.2, 0.25) is 0 Å². The topological polar surface area (TPSA) is 75.3 Å². The molecule has 2 unspecified atom stereocenters. The minimum Gasteiger partial charge on any atom is -0.393 e. The van der Waals surface area contributed by atoms with Crippen LogP contribution >= 0.6 is 0 Å². The maximum absolute atomic E-state index is 12.3. The summed E-state index contributed by atoms with van der Waals surface area (Å²) in [5, 5.41) is 12.5. The molecule has 110 valence electrons. The van der Waals surface area contributed by atoms with Gasteiger partial charge in [0.15, 0.2) is 0 Å². The van der Waals surface area contributed by atoms with E-state index in [9.17, 15) is 9.90 Å². The lowest BCUT2D eigenvalue weighted by Crippen LogP contribution is -2.43. The van der Waals surface area contributed by atoms with Crippen molar-refractivity contribution in [2.75, 3.05) is 0 Å².